The van der Waals surface area contributed by atoms with Gasteiger partial charge in [0.1, 0.15) is 15.7 Å². The molecular weight excluding hydrogens is 276 g/mol. The van der Waals surface area contributed by atoms with Gasteiger partial charge in [0.25, 0.3) is 0 Å². The van der Waals surface area contributed by atoms with Gasteiger partial charge in [0.2, 0.25) is 5.95 Å². The van der Waals surface area contributed by atoms with E-state index in [-0.39, 0.29) is 5.75 Å². The Labute approximate surface area is 118 Å². The Morgan fingerprint density at radius 3 is 2.60 bits per heavy atom. The number of nitrogens with one attached hydrogen (secondary N) is 2. The third-order valence-electron chi connectivity index (χ3n) is 2.70. The Balaban J connectivity index is 2.29. The fraction of sp³-hybridized carbons (Fsp3) is 0.385. The third-order valence-corrected chi connectivity index (χ3v) is 3.65. The van der Waals surface area contributed by atoms with Gasteiger partial charge in [-0.2, -0.15) is 4.98 Å². The molecule has 0 aliphatic heterocycles. The molecule has 108 valence electrons. The average Bonchev–Trinajstić information content (AvgIpc) is 2.37. The lowest BCUT2D eigenvalue weighted by atomic mass is 10.2. The molecule has 0 spiro atoms. The molecule has 6 nitrogen and oxygen atoms in total. The largest absolute Gasteiger partial charge is 0.368 e. The van der Waals surface area contributed by atoms with Crippen molar-refractivity contribution in [2.45, 2.75) is 6.92 Å². The lowest BCUT2D eigenvalue weighted by Crippen LogP contribution is -2.15. The van der Waals surface area contributed by atoms with Crippen LogP contribution in [0.2, 0.25) is 0 Å². The second kappa shape index (κ2) is 6.04. The molecule has 0 amide bonds. The SMILES string of the molecule is CCNc1nc(NCCS(C)(=O)=O)c2ccccc2n1. The van der Waals surface area contributed by atoms with Crippen LogP contribution in [0.15, 0.2) is 24.3 Å². The van der Waals surface area contributed by atoms with Gasteiger partial charge in [-0.05, 0) is 19.1 Å². The van der Waals surface area contributed by atoms with Crippen molar-refractivity contribution in [1.82, 2.24) is 9.97 Å². The fourth-order valence-corrected chi connectivity index (χ4v) is 2.28. The molecule has 0 aliphatic rings. The van der Waals surface area contributed by atoms with Gasteiger partial charge < -0.3 is 10.6 Å². The first-order valence-electron chi connectivity index (χ1n) is 6.42. The summed E-state index contributed by atoms with van der Waals surface area (Å²) in [6.45, 7) is 3.02. The average molecular weight is 294 g/mol. The van der Waals surface area contributed by atoms with Gasteiger partial charge in [0, 0.05) is 24.7 Å². The first kappa shape index (κ1) is 14.5. The summed E-state index contributed by atoms with van der Waals surface area (Å²) in [5.41, 5.74) is 0.820. The van der Waals surface area contributed by atoms with Gasteiger partial charge >= 0.3 is 0 Å². The highest BCUT2D eigenvalue weighted by molar-refractivity contribution is 7.90. The van der Waals surface area contributed by atoms with Crippen molar-refractivity contribution in [3.05, 3.63) is 24.3 Å². The molecule has 0 aliphatic carbocycles. The monoisotopic (exact) mass is 294 g/mol. The highest BCUT2D eigenvalue weighted by Crippen LogP contribution is 2.21. The Bertz CT molecular complexity index is 701. The van der Waals surface area contributed by atoms with Gasteiger partial charge in [0.15, 0.2) is 0 Å². The van der Waals surface area contributed by atoms with Crippen LogP contribution >= 0.6 is 0 Å². The lowest BCUT2D eigenvalue weighted by molar-refractivity contribution is 0.602. The molecule has 0 radical (unpaired) electrons. The fourth-order valence-electron chi connectivity index (χ4n) is 1.80. The van der Waals surface area contributed by atoms with Crippen LogP contribution in [0.25, 0.3) is 10.9 Å². The normalized spacial score (nSPS) is 11.5. The molecule has 2 N–H and O–H groups in total. The summed E-state index contributed by atoms with van der Waals surface area (Å²) < 4.78 is 22.3. The number of para-hydroxylation sites is 1. The summed E-state index contributed by atoms with van der Waals surface area (Å²) in [5, 5.41) is 7.02. The van der Waals surface area contributed by atoms with E-state index in [1.165, 1.54) is 6.26 Å². The summed E-state index contributed by atoms with van der Waals surface area (Å²) in [5.74, 6) is 1.25. The summed E-state index contributed by atoms with van der Waals surface area (Å²) >= 11 is 0. The van der Waals surface area contributed by atoms with Gasteiger partial charge in [-0.3, -0.25) is 0 Å². The maximum atomic E-state index is 11.2. The summed E-state index contributed by atoms with van der Waals surface area (Å²) in [4.78, 5) is 8.78. The number of rotatable bonds is 6. The Morgan fingerprint density at radius 1 is 1.15 bits per heavy atom. The zero-order valence-electron chi connectivity index (χ0n) is 11.5. The Hall–Kier alpha value is -1.89. The molecule has 0 saturated carbocycles. The number of hydrogen-bond donors (Lipinski definition) is 2. The van der Waals surface area contributed by atoms with Crippen LogP contribution in [0.4, 0.5) is 11.8 Å². The number of anilines is 2. The van der Waals surface area contributed by atoms with E-state index < -0.39 is 9.84 Å². The van der Waals surface area contributed by atoms with Crippen molar-refractivity contribution in [3.63, 3.8) is 0 Å². The van der Waals surface area contributed by atoms with Crippen molar-refractivity contribution >= 4 is 32.5 Å². The van der Waals surface area contributed by atoms with Gasteiger partial charge in [-0.1, -0.05) is 12.1 Å². The molecule has 1 heterocycles. The highest BCUT2D eigenvalue weighted by Gasteiger charge is 2.08. The smallest absolute Gasteiger partial charge is 0.225 e. The maximum absolute atomic E-state index is 11.2. The molecule has 7 heteroatoms. The number of nitrogens with zero attached hydrogens (tertiary/aromatic N) is 2. The number of hydrogen-bond acceptors (Lipinski definition) is 6. The van der Waals surface area contributed by atoms with Crippen LogP contribution in [-0.2, 0) is 9.84 Å². The molecule has 2 aromatic rings. The minimum absolute atomic E-state index is 0.0713. The summed E-state index contributed by atoms with van der Waals surface area (Å²) in [7, 11) is -2.99. The van der Waals surface area contributed by atoms with E-state index >= 15 is 0 Å². The van der Waals surface area contributed by atoms with Crippen LogP contribution < -0.4 is 10.6 Å². The molecule has 20 heavy (non-hydrogen) atoms. The van der Waals surface area contributed by atoms with E-state index in [4.69, 9.17) is 0 Å². The Morgan fingerprint density at radius 2 is 1.90 bits per heavy atom. The second-order valence-electron chi connectivity index (χ2n) is 4.50. The lowest BCUT2D eigenvalue weighted by Gasteiger charge is -2.10. The number of sulfone groups is 1. The van der Waals surface area contributed by atoms with E-state index in [1.54, 1.807) is 0 Å². The molecule has 0 atom stereocenters. The van der Waals surface area contributed by atoms with Crippen LogP contribution in [0.5, 0.6) is 0 Å². The second-order valence-corrected chi connectivity index (χ2v) is 6.76. The number of aromatic nitrogens is 2. The van der Waals surface area contributed by atoms with E-state index in [1.807, 2.05) is 31.2 Å². The first-order chi connectivity index (χ1) is 9.49. The maximum Gasteiger partial charge on any atom is 0.225 e. The standard InChI is InChI=1S/C13H18N4O2S/c1-3-14-13-16-11-7-5-4-6-10(11)12(17-13)15-8-9-20(2,18)19/h4-7H,3,8-9H2,1-2H3,(H2,14,15,16,17). The van der Waals surface area contributed by atoms with Crippen LogP contribution in [0.3, 0.4) is 0 Å². The van der Waals surface area contributed by atoms with Gasteiger partial charge in [0.05, 0.1) is 11.3 Å². The van der Waals surface area contributed by atoms with Crippen molar-refractivity contribution in [2.24, 2.45) is 0 Å². The van der Waals surface area contributed by atoms with Crippen LogP contribution in [0, 0.1) is 0 Å². The minimum Gasteiger partial charge on any atom is -0.368 e. The molecule has 1 aromatic carbocycles. The quantitative estimate of drug-likeness (QED) is 0.840. The van der Waals surface area contributed by atoms with E-state index in [9.17, 15) is 8.42 Å². The summed E-state index contributed by atoms with van der Waals surface area (Å²) in [6, 6.07) is 7.62. The van der Waals surface area contributed by atoms with E-state index in [0.29, 0.717) is 18.3 Å². The van der Waals surface area contributed by atoms with Crippen molar-refractivity contribution in [3.8, 4) is 0 Å². The topological polar surface area (TPSA) is 84.0 Å². The molecule has 1 aromatic heterocycles. The molecule has 0 saturated heterocycles. The number of benzene rings is 1. The van der Waals surface area contributed by atoms with Crippen molar-refractivity contribution in [1.29, 1.82) is 0 Å². The highest BCUT2D eigenvalue weighted by atomic mass is 32.2. The number of fused-ring (bicyclic) bond motifs is 1. The minimum atomic E-state index is -2.99. The molecule has 0 bridgehead atoms. The van der Waals surface area contributed by atoms with Gasteiger partial charge in [-0.25, -0.2) is 13.4 Å². The Kier molecular flexibility index (Phi) is 4.39. The molecule has 0 unspecified atom stereocenters. The summed E-state index contributed by atoms with van der Waals surface area (Å²) in [6.07, 6.45) is 1.22. The van der Waals surface area contributed by atoms with Crippen molar-refractivity contribution < 1.29 is 8.42 Å². The molecular formula is C13H18N4O2S. The molecule has 2 rings (SSSR count). The third kappa shape index (κ3) is 3.80. The van der Waals surface area contributed by atoms with Crippen LogP contribution in [-0.4, -0.2) is 43.5 Å². The predicted octanol–water partition coefficient (Wildman–Crippen LogP) is 1.52. The van der Waals surface area contributed by atoms with Gasteiger partial charge in [-0.15, -0.1) is 0 Å². The molecule has 0 fully saturated rings. The first-order valence-corrected chi connectivity index (χ1v) is 8.48. The van der Waals surface area contributed by atoms with Crippen molar-refractivity contribution in [2.75, 3.05) is 35.7 Å². The zero-order valence-corrected chi connectivity index (χ0v) is 12.4. The van der Waals surface area contributed by atoms with E-state index in [0.717, 1.165) is 17.4 Å². The van der Waals surface area contributed by atoms with Crippen LogP contribution in [0.1, 0.15) is 6.92 Å². The zero-order chi connectivity index (χ0) is 14.6. The predicted molar refractivity (Wildman–Crippen MR) is 81.9 cm³/mol. The van der Waals surface area contributed by atoms with E-state index in [2.05, 4.69) is 20.6 Å².